The standard InChI is InChI=1S/C14H28N4O.HI/c1-11(2)18-14(15)17-9-8-16-13(19)10-12-6-4-3-5-7-12;/h11-12H,3-10H2,1-2H3,(H,16,19)(H3,15,17,18);1H. The van der Waals surface area contributed by atoms with Gasteiger partial charge in [0.2, 0.25) is 5.91 Å². The summed E-state index contributed by atoms with van der Waals surface area (Å²) >= 11 is 0. The number of hydrogen-bond donors (Lipinski definition) is 3. The van der Waals surface area contributed by atoms with Gasteiger partial charge in [-0.1, -0.05) is 19.3 Å². The first-order chi connectivity index (χ1) is 9.08. The van der Waals surface area contributed by atoms with E-state index < -0.39 is 0 Å². The monoisotopic (exact) mass is 396 g/mol. The van der Waals surface area contributed by atoms with E-state index in [-0.39, 0.29) is 35.9 Å². The Morgan fingerprint density at radius 3 is 2.55 bits per heavy atom. The summed E-state index contributed by atoms with van der Waals surface area (Å²) in [6.07, 6.45) is 6.96. The number of carbonyl (C=O) groups is 1. The second-order valence-corrected chi connectivity index (χ2v) is 5.62. The van der Waals surface area contributed by atoms with E-state index in [1.54, 1.807) is 0 Å². The molecule has 0 aromatic carbocycles. The van der Waals surface area contributed by atoms with Crippen molar-refractivity contribution >= 4 is 35.8 Å². The van der Waals surface area contributed by atoms with Crippen molar-refractivity contribution in [2.75, 3.05) is 13.1 Å². The van der Waals surface area contributed by atoms with Crippen LogP contribution >= 0.6 is 24.0 Å². The van der Waals surface area contributed by atoms with Crippen molar-refractivity contribution in [3.63, 3.8) is 0 Å². The zero-order valence-corrected chi connectivity index (χ0v) is 15.0. The molecule has 1 aliphatic rings. The molecule has 118 valence electrons. The highest BCUT2D eigenvalue weighted by Gasteiger charge is 2.16. The topological polar surface area (TPSA) is 79.5 Å². The van der Waals surface area contributed by atoms with Crippen LogP contribution in [0.2, 0.25) is 0 Å². The molecule has 0 spiro atoms. The van der Waals surface area contributed by atoms with E-state index in [4.69, 9.17) is 5.73 Å². The number of guanidine groups is 1. The molecule has 5 nitrogen and oxygen atoms in total. The number of halogens is 1. The number of nitrogens with one attached hydrogen (secondary N) is 2. The van der Waals surface area contributed by atoms with Gasteiger partial charge in [0.15, 0.2) is 5.96 Å². The summed E-state index contributed by atoms with van der Waals surface area (Å²) in [7, 11) is 0. The maximum absolute atomic E-state index is 11.7. The molecule has 20 heavy (non-hydrogen) atoms. The second-order valence-electron chi connectivity index (χ2n) is 5.62. The van der Waals surface area contributed by atoms with Gasteiger partial charge in [0.1, 0.15) is 0 Å². The molecule has 1 saturated carbocycles. The predicted octanol–water partition coefficient (Wildman–Crippen LogP) is 2.00. The Hall–Kier alpha value is -0.530. The van der Waals surface area contributed by atoms with Gasteiger partial charge in [-0.15, -0.1) is 24.0 Å². The summed E-state index contributed by atoms with van der Waals surface area (Å²) in [5.41, 5.74) is 5.67. The quantitative estimate of drug-likeness (QED) is 0.278. The van der Waals surface area contributed by atoms with Crippen LogP contribution in [0.4, 0.5) is 0 Å². The van der Waals surface area contributed by atoms with Crippen LogP contribution in [0.25, 0.3) is 0 Å². The zero-order valence-electron chi connectivity index (χ0n) is 12.7. The van der Waals surface area contributed by atoms with Crippen LogP contribution in [0.3, 0.4) is 0 Å². The summed E-state index contributed by atoms with van der Waals surface area (Å²) in [5.74, 6) is 1.18. The van der Waals surface area contributed by atoms with Crippen LogP contribution in [-0.4, -0.2) is 31.0 Å². The molecule has 1 rings (SSSR count). The summed E-state index contributed by atoms with van der Waals surface area (Å²) in [5, 5.41) is 5.92. The fraction of sp³-hybridized carbons (Fsp3) is 0.857. The maximum Gasteiger partial charge on any atom is 0.220 e. The van der Waals surface area contributed by atoms with E-state index in [9.17, 15) is 4.79 Å². The van der Waals surface area contributed by atoms with Gasteiger partial charge in [0, 0.05) is 19.0 Å². The average Bonchev–Trinajstić information content (AvgIpc) is 2.35. The lowest BCUT2D eigenvalue weighted by Crippen LogP contribution is -2.37. The van der Waals surface area contributed by atoms with E-state index in [0.29, 0.717) is 31.4 Å². The Morgan fingerprint density at radius 2 is 1.95 bits per heavy atom. The van der Waals surface area contributed by atoms with Gasteiger partial charge in [0.05, 0.1) is 6.54 Å². The minimum absolute atomic E-state index is 0. The number of rotatable bonds is 6. The smallest absolute Gasteiger partial charge is 0.220 e. The van der Waals surface area contributed by atoms with Crippen molar-refractivity contribution < 1.29 is 4.79 Å². The van der Waals surface area contributed by atoms with Gasteiger partial charge >= 0.3 is 0 Å². The Balaban J connectivity index is 0.00000361. The Labute approximate surface area is 139 Å². The fourth-order valence-corrected chi connectivity index (χ4v) is 2.44. The maximum atomic E-state index is 11.7. The van der Waals surface area contributed by atoms with Crippen molar-refractivity contribution in [2.45, 2.75) is 58.4 Å². The van der Waals surface area contributed by atoms with Crippen LogP contribution in [-0.2, 0) is 4.79 Å². The third kappa shape index (κ3) is 9.39. The van der Waals surface area contributed by atoms with Crippen molar-refractivity contribution in [3.05, 3.63) is 0 Å². The first-order valence-electron chi connectivity index (χ1n) is 7.41. The molecule has 0 atom stereocenters. The molecule has 1 aliphatic carbocycles. The molecule has 0 aromatic rings. The highest BCUT2D eigenvalue weighted by molar-refractivity contribution is 14.0. The Morgan fingerprint density at radius 1 is 1.30 bits per heavy atom. The SMILES string of the molecule is CC(C)NC(N)=NCCNC(=O)CC1CCCCC1.I. The minimum atomic E-state index is 0. The van der Waals surface area contributed by atoms with E-state index in [2.05, 4.69) is 15.6 Å². The average molecular weight is 396 g/mol. The van der Waals surface area contributed by atoms with E-state index >= 15 is 0 Å². The van der Waals surface area contributed by atoms with Crippen molar-refractivity contribution in [2.24, 2.45) is 16.6 Å². The lowest BCUT2D eigenvalue weighted by Gasteiger charge is -2.20. The minimum Gasteiger partial charge on any atom is -0.370 e. The fourth-order valence-electron chi connectivity index (χ4n) is 2.44. The summed E-state index contributed by atoms with van der Waals surface area (Å²) in [6, 6.07) is 0.282. The Bertz CT molecular complexity index is 302. The molecule has 6 heteroatoms. The molecule has 4 N–H and O–H groups in total. The van der Waals surface area contributed by atoms with E-state index in [0.717, 1.165) is 0 Å². The summed E-state index contributed by atoms with van der Waals surface area (Å²) in [4.78, 5) is 15.9. The van der Waals surface area contributed by atoms with Crippen molar-refractivity contribution in [1.82, 2.24) is 10.6 Å². The first kappa shape index (κ1) is 19.5. The number of amides is 1. The second kappa shape index (κ2) is 11.2. The number of aliphatic imine (C=N–C) groups is 1. The molecule has 0 saturated heterocycles. The van der Waals surface area contributed by atoms with Gasteiger partial charge in [-0.3, -0.25) is 9.79 Å². The van der Waals surface area contributed by atoms with Gasteiger partial charge in [-0.2, -0.15) is 0 Å². The molecular formula is C14H29IN4O. The number of nitrogens with two attached hydrogens (primary N) is 1. The molecule has 1 fully saturated rings. The van der Waals surface area contributed by atoms with Crippen LogP contribution < -0.4 is 16.4 Å². The van der Waals surface area contributed by atoms with Crippen LogP contribution in [0, 0.1) is 5.92 Å². The molecule has 0 bridgehead atoms. The Kier molecular flexibility index (Phi) is 10.9. The first-order valence-corrected chi connectivity index (χ1v) is 7.41. The summed E-state index contributed by atoms with van der Waals surface area (Å²) < 4.78 is 0. The summed E-state index contributed by atoms with van der Waals surface area (Å²) in [6.45, 7) is 5.11. The van der Waals surface area contributed by atoms with E-state index in [1.165, 1.54) is 32.1 Å². The largest absolute Gasteiger partial charge is 0.370 e. The van der Waals surface area contributed by atoms with Gasteiger partial charge < -0.3 is 16.4 Å². The van der Waals surface area contributed by atoms with Crippen LogP contribution in [0.5, 0.6) is 0 Å². The van der Waals surface area contributed by atoms with Gasteiger partial charge in [-0.05, 0) is 32.6 Å². The van der Waals surface area contributed by atoms with Gasteiger partial charge in [-0.25, -0.2) is 0 Å². The third-order valence-corrected chi connectivity index (χ3v) is 3.35. The van der Waals surface area contributed by atoms with E-state index in [1.807, 2.05) is 13.8 Å². The number of carbonyl (C=O) groups excluding carboxylic acids is 1. The molecule has 0 unspecified atom stereocenters. The van der Waals surface area contributed by atoms with Gasteiger partial charge in [0.25, 0.3) is 0 Å². The highest BCUT2D eigenvalue weighted by atomic mass is 127. The molecular weight excluding hydrogens is 367 g/mol. The lowest BCUT2D eigenvalue weighted by molar-refractivity contribution is -0.122. The number of hydrogen-bond acceptors (Lipinski definition) is 2. The predicted molar refractivity (Wildman–Crippen MR) is 94.4 cm³/mol. The van der Waals surface area contributed by atoms with Crippen LogP contribution in [0.15, 0.2) is 4.99 Å². The number of nitrogens with zero attached hydrogens (tertiary/aromatic N) is 1. The van der Waals surface area contributed by atoms with Crippen LogP contribution in [0.1, 0.15) is 52.4 Å². The molecule has 0 aliphatic heterocycles. The van der Waals surface area contributed by atoms with Crippen molar-refractivity contribution in [3.8, 4) is 0 Å². The molecule has 1 amide bonds. The normalized spacial score (nSPS) is 16.6. The lowest BCUT2D eigenvalue weighted by atomic mass is 9.87. The third-order valence-electron chi connectivity index (χ3n) is 3.35. The zero-order chi connectivity index (χ0) is 14.1. The molecule has 0 radical (unpaired) electrons. The highest BCUT2D eigenvalue weighted by Crippen LogP contribution is 2.25. The molecule has 0 aromatic heterocycles. The van der Waals surface area contributed by atoms with Crippen molar-refractivity contribution in [1.29, 1.82) is 0 Å². The molecule has 0 heterocycles.